The van der Waals surface area contributed by atoms with Crippen LogP contribution in [0.1, 0.15) is 60.1 Å². The number of hydrogen-bond donors (Lipinski definition) is 2. The van der Waals surface area contributed by atoms with Gasteiger partial charge in [0.25, 0.3) is 11.5 Å². The van der Waals surface area contributed by atoms with E-state index in [0.29, 0.717) is 17.6 Å². The zero-order chi connectivity index (χ0) is 16.0. The number of nitrogens with one attached hydrogen (secondary N) is 2. The fourth-order valence-corrected chi connectivity index (χ4v) is 4.53. The molecule has 2 aliphatic heterocycles. The normalized spacial score (nSPS) is 28.0. The van der Waals surface area contributed by atoms with Gasteiger partial charge < -0.3 is 15.2 Å². The van der Waals surface area contributed by atoms with Crippen LogP contribution in [0.4, 0.5) is 0 Å². The number of H-pyrrole nitrogens is 1. The third-order valence-corrected chi connectivity index (χ3v) is 5.88. The smallest absolute Gasteiger partial charge is 0.261 e. The summed E-state index contributed by atoms with van der Waals surface area (Å²) in [5.74, 6) is -0.120. The minimum atomic E-state index is -0.223. The number of pyridine rings is 1. The van der Waals surface area contributed by atoms with Crippen LogP contribution in [0.5, 0.6) is 0 Å². The Hall–Kier alpha value is -1.33. The standard InChI is InChI=1S/C18H25N3O2.ClH/c1-21(14-9-12-6-7-13(10-14)19-12)18(23)15-8-11-4-2-3-5-16(11)20-17(15)22;/h8,12-14,19H,2-7,9-10H2,1H3,(H,20,22);1H. The molecule has 2 bridgehead atoms. The molecular formula is C18H26ClN3O2. The quantitative estimate of drug-likeness (QED) is 0.856. The van der Waals surface area contributed by atoms with Gasteiger partial charge in [-0.1, -0.05) is 0 Å². The third kappa shape index (κ3) is 3.11. The highest BCUT2D eigenvalue weighted by Crippen LogP contribution is 2.29. The predicted octanol–water partition coefficient (Wildman–Crippen LogP) is 2.03. The Kier molecular flexibility index (Phi) is 5.02. The van der Waals surface area contributed by atoms with Crippen LogP contribution in [0.3, 0.4) is 0 Å². The molecule has 2 atom stereocenters. The Labute approximate surface area is 148 Å². The molecule has 2 N–H and O–H groups in total. The third-order valence-electron chi connectivity index (χ3n) is 5.88. The van der Waals surface area contributed by atoms with E-state index in [0.717, 1.165) is 49.8 Å². The lowest BCUT2D eigenvalue weighted by molar-refractivity contribution is 0.0679. The summed E-state index contributed by atoms with van der Waals surface area (Å²) in [6.45, 7) is 0. The topological polar surface area (TPSA) is 65.2 Å². The molecule has 0 spiro atoms. The summed E-state index contributed by atoms with van der Waals surface area (Å²) in [5, 5.41) is 3.60. The van der Waals surface area contributed by atoms with Gasteiger partial charge in [-0.05, 0) is 63.0 Å². The summed E-state index contributed by atoms with van der Waals surface area (Å²) in [7, 11) is 1.86. The lowest BCUT2D eigenvalue weighted by Crippen LogP contribution is -2.49. The molecular weight excluding hydrogens is 326 g/mol. The number of amides is 1. The van der Waals surface area contributed by atoms with Crippen LogP contribution in [0.15, 0.2) is 10.9 Å². The molecule has 24 heavy (non-hydrogen) atoms. The van der Waals surface area contributed by atoms with E-state index in [4.69, 9.17) is 0 Å². The fourth-order valence-electron chi connectivity index (χ4n) is 4.53. The van der Waals surface area contributed by atoms with E-state index in [2.05, 4.69) is 10.3 Å². The lowest BCUT2D eigenvalue weighted by Gasteiger charge is -2.35. The summed E-state index contributed by atoms with van der Waals surface area (Å²) >= 11 is 0. The van der Waals surface area contributed by atoms with E-state index in [9.17, 15) is 9.59 Å². The van der Waals surface area contributed by atoms with E-state index < -0.39 is 0 Å². The van der Waals surface area contributed by atoms with E-state index in [-0.39, 0.29) is 29.9 Å². The number of nitrogens with zero attached hydrogens (tertiary/aromatic N) is 1. The SMILES string of the molecule is CN(C(=O)c1cc2c([nH]c1=O)CCCC2)C1CC2CCC(C1)N2.Cl. The zero-order valence-corrected chi connectivity index (χ0v) is 15.0. The first-order valence-corrected chi connectivity index (χ1v) is 8.90. The second kappa shape index (κ2) is 6.89. The van der Waals surface area contributed by atoms with Crippen molar-refractivity contribution in [2.45, 2.75) is 69.5 Å². The highest BCUT2D eigenvalue weighted by molar-refractivity contribution is 5.94. The largest absolute Gasteiger partial charge is 0.338 e. The average Bonchev–Trinajstić information content (AvgIpc) is 2.91. The van der Waals surface area contributed by atoms with E-state index >= 15 is 0 Å². The molecule has 1 amide bonds. The van der Waals surface area contributed by atoms with Crippen molar-refractivity contribution >= 4 is 18.3 Å². The number of piperidine rings is 1. The van der Waals surface area contributed by atoms with Crippen LogP contribution in [0.2, 0.25) is 0 Å². The number of carbonyl (C=O) groups excluding carboxylic acids is 1. The van der Waals surface area contributed by atoms with Crippen LogP contribution < -0.4 is 10.9 Å². The first-order valence-electron chi connectivity index (χ1n) is 8.90. The lowest BCUT2D eigenvalue weighted by atomic mass is 9.94. The van der Waals surface area contributed by atoms with Crippen molar-refractivity contribution in [2.75, 3.05) is 7.05 Å². The summed E-state index contributed by atoms with van der Waals surface area (Å²) in [5.41, 5.74) is 2.27. The maximum Gasteiger partial charge on any atom is 0.261 e. The summed E-state index contributed by atoms with van der Waals surface area (Å²) in [4.78, 5) is 30.0. The monoisotopic (exact) mass is 351 g/mol. The van der Waals surface area contributed by atoms with Gasteiger partial charge in [0.2, 0.25) is 0 Å². The number of aromatic nitrogens is 1. The van der Waals surface area contributed by atoms with Gasteiger partial charge in [-0.2, -0.15) is 0 Å². The number of halogens is 1. The van der Waals surface area contributed by atoms with E-state index in [1.54, 1.807) is 0 Å². The van der Waals surface area contributed by atoms with Crippen LogP contribution in [0, 0.1) is 0 Å². The Morgan fingerprint density at radius 2 is 1.83 bits per heavy atom. The number of rotatable bonds is 2. The van der Waals surface area contributed by atoms with E-state index in [1.165, 1.54) is 12.8 Å². The van der Waals surface area contributed by atoms with Crippen molar-refractivity contribution in [1.82, 2.24) is 15.2 Å². The van der Waals surface area contributed by atoms with Crippen LogP contribution >= 0.6 is 12.4 Å². The first kappa shape index (κ1) is 17.5. The minimum absolute atomic E-state index is 0. The highest BCUT2D eigenvalue weighted by atomic mass is 35.5. The van der Waals surface area contributed by atoms with Crippen molar-refractivity contribution in [3.8, 4) is 0 Å². The molecule has 3 heterocycles. The van der Waals surface area contributed by atoms with Crippen molar-refractivity contribution in [2.24, 2.45) is 0 Å². The van der Waals surface area contributed by atoms with Crippen molar-refractivity contribution < 1.29 is 4.79 Å². The maximum absolute atomic E-state index is 12.9. The molecule has 1 aromatic rings. The van der Waals surface area contributed by atoms with Crippen molar-refractivity contribution in [3.05, 3.63) is 33.2 Å². The summed E-state index contributed by atoms with van der Waals surface area (Å²) in [6, 6.07) is 3.17. The van der Waals surface area contributed by atoms with Crippen LogP contribution in [0.25, 0.3) is 0 Å². The molecule has 6 heteroatoms. The Morgan fingerprint density at radius 1 is 1.17 bits per heavy atom. The minimum Gasteiger partial charge on any atom is -0.338 e. The van der Waals surface area contributed by atoms with E-state index in [1.807, 2.05) is 18.0 Å². The number of fused-ring (bicyclic) bond motifs is 3. The molecule has 0 saturated carbocycles. The maximum atomic E-state index is 12.9. The van der Waals surface area contributed by atoms with Gasteiger partial charge in [0, 0.05) is 30.9 Å². The molecule has 5 nitrogen and oxygen atoms in total. The van der Waals surface area contributed by atoms with Crippen LogP contribution in [-0.2, 0) is 12.8 Å². The average molecular weight is 352 g/mol. The Balaban J connectivity index is 0.00000169. The summed E-state index contributed by atoms with van der Waals surface area (Å²) < 4.78 is 0. The first-order chi connectivity index (χ1) is 11.1. The molecule has 0 aromatic carbocycles. The Bertz CT molecular complexity index is 675. The molecule has 2 saturated heterocycles. The molecule has 2 fully saturated rings. The fraction of sp³-hybridized carbons (Fsp3) is 0.667. The molecule has 2 unspecified atom stereocenters. The molecule has 4 rings (SSSR count). The number of aromatic amines is 1. The second-order valence-corrected chi connectivity index (χ2v) is 7.40. The van der Waals surface area contributed by atoms with Gasteiger partial charge >= 0.3 is 0 Å². The molecule has 1 aromatic heterocycles. The predicted molar refractivity (Wildman–Crippen MR) is 96.0 cm³/mol. The zero-order valence-electron chi connectivity index (χ0n) is 14.1. The van der Waals surface area contributed by atoms with Gasteiger partial charge in [-0.15, -0.1) is 12.4 Å². The number of carbonyl (C=O) groups is 1. The Morgan fingerprint density at radius 3 is 2.54 bits per heavy atom. The van der Waals surface area contributed by atoms with Crippen molar-refractivity contribution in [3.63, 3.8) is 0 Å². The van der Waals surface area contributed by atoms with Crippen molar-refractivity contribution in [1.29, 1.82) is 0 Å². The number of hydrogen-bond acceptors (Lipinski definition) is 3. The molecule has 1 aliphatic carbocycles. The number of aryl methyl sites for hydroxylation is 2. The van der Waals surface area contributed by atoms with Gasteiger partial charge in [0.1, 0.15) is 5.56 Å². The van der Waals surface area contributed by atoms with Gasteiger partial charge in [-0.25, -0.2) is 0 Å². The molecule has 0 radical (unpaired) electrons. The summed E-state index contributed by atoms with van der Waals surface area (Å²) in [6.07, 6.45) is 8.57. The van der Waals surface area contributed by atoms with Gasteiger partial charge in [0.15, 0.2) is 0 Å². The molecule has 3 aliphatic rings. The van der Waals surface area contributed by atoms with Crippen LogP contribution in [-0.4, -0.2) is 41.0 Å². The highest BCUT2D eigenvalue weighted by Gasteiger charge is 2.37. The van der Waals surface area contributed by atoms with Gasteiger partial charge in [-0.3, -0.25) is 9.59 Å². The van der Waals surface area contributed by atoms with Gasteiger partial charge in [0.05, 0.1) is 0 Å². The molecule has 132 valence electrons. The second-order valence-electron chi connectivity index (χ2n) is 7.40.